The first-order chi connectivity index (χ1) is 10.1. The smallest absolute Gasteiger partial charge is 0.406 e. The maximum atomic E-state index is 5.85. The van der Waals surface area contributed by atoms with Crippen LogP contribution in [0.25, 0.3) is 0 Å². The van der Waals surface area contributed by atoms with Gasteiger partial charge in [-0.1, -0.05) is 58.9 Å². The molecule has 0 amide bonds. The lowest BCUT2D eigenvalue weighted by Gasteiger charge is -2.32. The Morgan fingerprint density at radius 1 is 1.05 bits per heavy atom. The van der Waals surface area contributed by atoms with E-state index in [0.717, 1.165) is 13.2 Å². The molecule has 0 N–H and O–H groups in total. The van der Waals surface area contributed by atoms with E-state index in [1.807, 2.05) is 11.3 Å². The van der Waals surface area contributed by atoms with Crippen LogP contribution in [0, 0.1) is 5.41 Å². The van der Waals surface area contributed by atoms with Crippen molar-refractivity contribution >= 4 is 23.2 Å². The van der Waals surface area contributed by atoms with Gasteiger partial charge in [0.25, 0.3) is 0 Å². The lowest BCUT2D eigenvalue weighted by Crippen LogP contribution is -2.46. The van der Waals surface area contributed by atoms with E-state index in [4.69, 9.17) is 9.31 Å². The molecule has 0 saturated carbocycles. The first kappa shape index (κ1) is 17.0. The Bertz CT molecular complexity index is 407. The van der Waals surface area contributed by atoms with Crippen molar-refractivity contribution in [2.45, 2.75) is 65.7 Å². The van der Waals surface area contributed by atoms with Crippen molar-refractivity contribution in [1.29, 1.82) is 0 Å². The normalized spacial score (nSPS) is 18.1. The number of hydrogen-bond acceptors (Lipinski definition) is 3. The van der Waals surface area contributed by atoms with Crippen molar-refractivity contribution < 1.29 is 9.31 Å². The molecule has 1 aromatic rings. The number of unbranched alkanes of at least 4 members (excludes halogenated alkanes) is 5. The van der Waals surface area contributed by atoms with Crippen molar-refractivity contribution in [3.8, 4) is 0 Å². The van der Waals surface area contributed by atoms with Crippen LogP contribution >= 0.6 is 11.3 Å². The molecule has 1 aliphatic heterocycles. The monoisotopic (exact) mass is 308 g/mol. The van der Waals surface area contributed by atoms with Crippen LogP contribution in [0.2, 0.25) is 0 Å². The van der Waals surface area contributed by atoms with Crippen molar-refractivity contribution in [3.63, 3.8) is 0 Å². The first-order valence-corrected chi connectivity index (χ1v) is 9.24. The summed E-state index contributed by atoms with van der Waals surface area (Å²) in [6.45, 7) is 8.19. The predicted octanol–water partition coefficient (Wildman–Crippen LogP) is 4.42. The third-order valence-corrected chi connectivity index (χ3v) is 5.11. The van der Waals surface area contributed by atoms with Gasteiger partial charge in [0.1, 0.15) is 0 Å². The van der Waals surface area contributed by atoms with Crippen LogP contribution in [0.5, 0.6) is 0 Å². The van der Waals surface area contributed by atoms with E-state index < -0.39 is 0 Å². The third kappa shape index (κ3) is 5.76. The largest absolute Gasteiger partial charge is 0.504 e. The summed E-state index contributed by atoms with van der Waals surface area (Å²) in [6.07, 6.45) is 9.36. The van der Waals surface area contributed by atoms with Crippen LogP contribution in [-0.2, 0) is 15.7 Å². The van der Waals surface area contributed by atoms with E-state index in [-0.39, 0.29) is 12.5 Å². The number of thiophene rings is 1. The zero-order valence-electron chi connectivity index (χ0n) is 13.8. The Morgan fingerprint density at radius 3 is 2.43 bits per heavy atom. The van der Waals surface area contributed by atoms with Gasteiger partial charge in [-0.3, -0.25) is 0 Å². The van der Waals surface area contributed by atoms with Gasteiger partial charge >= 0.3 is 7.12 Å². The second kappa shape index (κ2) is 8.35. The molecule has 2 heterocycles. The minimum absolute atomic E-state index is 0.138. The highest BCUT2D eigenvalue weighted by molar-refractivity contribution is 7.22. The van der Waals surface area contributed by atoms with Crippen LogP contribution < -0.4 is 4.78 Å². The highest BCUT2D eigenvalue weighted by Crippen LogP contribution is 2.23. The molecule has 0 aliphatic carbocycles. The van der Waals surface area contributed by atoms with E-state index in [1.54, 1.807) is 0 Å². The highest BCUT2D eigenvalue weighted by atomic mass is 32.1. The molecule has 21 heavy (non-hydrogen) atoms. The summed E-state index contributed by atoms with van der Waals surface area (Å²) in [7, 11) is -0.138. The average Bonchev–Trinajstić information content (AvgIpc) is 2.91. The summed E-state index contributed by atoms with van der Waals surface area (Å²) in [4.78, 5) is 1.47. The Hall–Kier alpha value is -0.315. The summed E-state index contributed by atoms with van der Waals surface area (Å²) in [5.41, 5.74) is 0.148. The molecule has 118 valence electrons. The SMILES string of the molecule is CCCCCCCCc1ccc(B2OCC(C)(C)CO2)s1. The second-order valence-corrected chi connectivity index (χ2v) is 8.14. The van der Waals surface area contributed by atoms with E-state index in [2.05, 4.69) is 32.9 Å². The zero-order valence-corrected chi connectivity index (χ0v) is 14.6. The minimum atomic E-state index is -0.138. The van der Waals surface area contributed by atoms with Gasteiger partial charge in [-0.05, 0) is 18.9 Å². The Kier molecular flexibility index (Phi) is 6.78. The molecule has 0 atom stereocenters. The Labute approximate surface area is 134 Å². The van der Waals surface area contributed by atoms with Gasteiger partial charge in [-0.25, -0.2) is 0 Å². The van der Waals surface area contributed by atoms with Gasteiger partial charge in [0.05, 0.1) is 0 Å². The van der Waals surface area contributed by atoms with Crippen LogP contribution in [-0.4, -0.2) is 20.3 Å². The van der Waals surface area contributed by atoms with Gasteiger partial charge in [-0.15, -0.1) is 11.3 Å². The summed E-state index contributed by atoms with van der Waals surface area (Å²) < 4.78 is 12.9. The highest BCUT2D eigenvalue weighted by Gasteiger charge is 2.34. The summed E-state index contributed by atoms with van der Waals surface area (Å²) in [5, 5.41) is 0. The molecule has 0 bridgehead atoms. The summed E-state index contributed by atoms with van der Waals surface area (Å²) in [5.74, 6) is 0. The topological polar surface area (TPSA) is 18.5 Å². The Morgan fingerprint density at radius 2 is 1.71 bits per heavy atom. The lowest BCUT2D eigenvalue weighted by atomic mass is 9.82. The molecule has 1 saturated heterocycles. The second-order valence-electron chi connectivity index (χ2n) is 6.94. The molecule has 2 nitrogen and oxygen atoms in total. The predicted molar refractivity (Wildman–Crippen MR) is 92.5 cm³/mol. The molecular weight excluding hydrogens is 279 g/mol. The molecule has 0 unspecified atom stereocenters. The first-order valence-electron chi connectivity index (χ1n) is 8.42. The van der Waals surface area contributed by atoms with Crippen LogP contribution in [0.1, 0.15) is 64.2 Å². The van der Waals surface area contributed by atoms with Gasteiger partial charge in [-0.2, -0.15) is 0 Å². The number of hydrogen-bond donors (Lipinski definition) is 0. The van der Waals surface area contributed by atoms with Crippen LogP contribution in [0.3, 0.4) is 0 Å². The van der Waals surface area contributed by atoms with Crippen LogP contribution in [0.15, 0.2) is 12.1 Å². The van der Waals surface area contributed by atoms with E-state index in [1.165, 1.54) is 54.6 Å². The van der Waals surface area contributed by atoms with Crippen molar-refractivity contribution in [2.75, 3.05) is 13.2 Å². The third-order valence-electron chi connectivity index (χ3n) is 3.94. The van der Waals surface area contributed by atoms with Gasteiger partial charge < -0.3 is 9.31 Å². The zero-order chi connectivity index (χ0) is 15.1. The molecule has 2 rings (SSSR count). The van der Waals surface area contributed by atoms with Crippen molar-refractivity contribution in [1.82, 2.24) is 0 Å². The Balaban J connectivity index is 1.69. The van der Waals surface area contributed by atoms with E-state index in [9.17, 15) is 0 Å². The molecule has 0 aromatic carbocycles. The number of rotatable bonds is 8. The minimum Gasteiger partial charge on any atom is -0.406 e. The van der Waals surface area contributed by atoms with E-state index >= 15 is 0 Å². The van der Waals surface area contributed by atoms with Gasteiger partial charge in [0, 0.05) is 28.3 Å². The van der Waals surface area contributed by atoms with Crippen molar-refractivity contribution in [3.05, 3.63) is 17.0 Å². The van der Waals surface area contributed by atoms with Gasteiger partial charge in [0.15, 0.2) is 0 Å². The summed E-state index contributed by atoms with van der Waals surface area (Å²) >= 11 is 1.86. The fourth-order valence-electron chi connectivity index (χ4n) is 2.59. The van der Waals surface area contributed by atoms with Crippen molar-refractivity contribution in [2.24, 2.45) is 5.41 Å². The van der Waals surface area contributed by atoms with Crippen LogP contribution in [0.4, 0.5) is 0 Å². The fraction of sp³-hybridized carbons (Fsp3) is 0.765. The molecule has 1 aromatic heterocycles. The molecule has 1 fully saturated rings. The maximum absolute atomic E-state index is 5.85. The molecule has 4 heteroatoms. The fourth-order valence-corrected chi connectivity index (χ4v) is 3.65. The lowest BCUT2D eigenvalue weighted by molar-refractivity contribution is 0.0346. The molecular formula is C17H29BO2S. The number of aryl methyl sites for hydroxylation is 1. The summed E-state index contributed by atoms with van der Waals surface area (Å²) in [6, 6.07) is 4.43. The average molecular weight is 308 g/mol. The van der Waals surface area contributed by atoms with Gasteiger partial charge in [0.2, 0.25) is 0 Å². The quantitative estimate of drug-likeness (QED) is 0.523. The maximum Gasteiger partial charge on any atom is 0.504 e. The standard InChI is InChI=1S/C17H29BO2S/c1-4-5-6-7-8-9-10-15-11-12-16(21-15)18-19-13-17(2,3)14-20-18/h11-12H,4-10,13-14H2,1-3H3. The van der Waals surface area contributed by atoms with E-state index in [0.29, 0.717) is 0 Å². The molecule has 1 aliphatic rings. The molecule has 0 radical (unpaired) electrons. The molecule has 0 spiro atoms.